The van der Waals surface area contributed by atoms with Crippen LogP contribution in [0.4, 0.5) is 11.4 Å². The zero-order chi connectivity index (χ0) is 24.2. The number of anilines is 2. The third kappa shape index (κ3) is 5.71. The molecule has 0 bridgehead atoms. The van der Waals surface area contributed by atoms with Crippen LogP contribution in [0.3, 0.4) is 0 Å². The smallest absolute Gasteiger partial charge is 0.339 e. The molecule has 0 radical (unpaired) electrons. The molecule has 3 aromatic rings. The molecule has 7 nitrogen and oxygen atoms in total. The third-order valence-corrected chi connectivity index (χ3v) is 6.99. The molecule has 9 heteroatoms. The Balaban J connectivity index is 1.92. The number of nitrogens with one attached hydrogen (secondary N) is 1. The lowest BCUT2D eigenvalue weighted by Gasteiger charge is -2.24. The van der Waals surface area contributed by atoms with Crippen LogP contribution in [-0.2, 0) is 19.6 Å². The Hall–Kier alpha value is -3.36. The summed E-state index contributed by atoms with van der Waals surface area (Å²) in [6.07, 6.45) is 0. The molecule has 1 amide bonds. The van der Waals surface area contributed by atoms with Crippen molar-refractivity contribution in [3.8, 4) is 0 Å². The highest BCUT2D eigenvalue weighted by Gasteiger charge is 2.27. The van der Waals surface area contributed by atoms with Gasteiger partial charge in [0.25, 0.3) is 10.0 Å². The number of esters is 1. The molecule has 0 aliphatic carbocycles. The van der Waals surface area contributed by atoms with Crippen LogP contribution in [0, 0.1) is 13.8 Å². The van der Waals surface area contributed by atoms with Crippen molar-refractivity contribution in [3.63, 3.8) is 0 Å². The first-order chi connectivity index (χ1) is 15.6. The first-order valence-corrected chi connectivity index (χ1v) is 11.8. The van der Waals surface area contributed by atoms with E-state index in [2.05, 4.69) is 10.1 Å². The average Bonchev–Trinajstić information content (AvgIpc) is 2.79. The molecule has 1 N–H and O–H groups in total. The van der Waals surface area contributed by atoms with Crippen molar-refractivity contribution in [1.29, 1.82) is 0 Å². The molecule has 0 heterocycles. The van der Waals surface area contributed by atoms with Gasteiger partial charge in [-0.3, -0.25) is 9.10 Å². The third-order valence-electron chi connectivity index (χ3n) is 4.87. The Morgan fingerprint density at radius 1 is 0.939 bits per heavy atom. The van der Waals surface area contributed by atoms with Gasteiger partial charge in [-0.2, -0.15) is 0 Å². The van der Waals surface area contributed by atoms with Gasteiger partial charge in [0, 0.05) is 5.69 Å². The van der Waals surface area contributed by atoms with Gasteiger partial charge in [0.15, 0.2) is 0 Å². The van der Waals surface area contributed by atoms with Crippen LogP contribution in [0.1, 0.15) is 21.5 Å². The highest BCUT2D eigenvalue weighted by molar-refractivity contribution is 7.92. The summed E-state index contributed by atoms with van der Waals surface area (Å²) in [5.74, 6) is -1.25. The molecular formula is C24H23ClN2O5S. The van der Waals surface area contributed by atoms with Gasteiger partial charge in [0.2, 0.25) is 5.91 Å². The second-order valence-electron chi connectivity index (χ2n) is 7.39. The van der Waals surface area contributed by atoms with E-state index in [-0.39, 0.29) is 21.2 Å². The first-order valence-electron chi connectivity index (χ1n) is 9.95. The van der Waals surface area contributed by atoms with E-state index in [1.54, 1.807) is 36.4 Å². The Kier molecular flexibility index (Phi) is 7.40. The summed E-state index contributed by atoms with van der Waals surface area (Å²) in [7, 11) is -2.80. The van der Waals surface area contributed by atoms with Crippen molar-refractivity contribution in [1.82, 2.24) is 0 Å². The Morgan fingerprint density at radius 3 is 2.09 bits per heavy atom. The van der Waals surface area contributed by atoms with E-state index in [0.29, 0.717) is 5.69 Å². The van der Waals surface area contributed by atoms with E-state index in [1.807, 2.05) is 13.8 Å². The van der Waals surface area contributed by atoms with E-state index in [1.165, 1.54) is 37.4 Å². The topological polar surface area (TPSA) is 92.8 Å². The number of hydrogen-bond acceptors (Lipinski definition) is 5. The fraction of sp³-hybridized carbons (Fsp3) is 0.167. The molecule has 3 rings (SSSR count). The SMILES string of the molecule is COC(=O)c1cc(NC(=O)CN(c2ccc(C)cc2)S(=O)(=O)c2ccc(C)cc2)ccc1Cl. The lowest BCUT2D eigenvalue weighted by molar-refractivity contribution is -0.114. The van der Waals surface area contributed by atoms with Gasteiger partial charge in [-0.1, -0.05) is 47.0 Å². The van der Waals surface area contributed by atoms with Crippen LogP contribution < -0.4 is 9.62 Å². The van der Waals surface area contributed by atoms with Crippen molar-refractivity contribution in [2.45, 2.75) is 18.7 Å². The predicted octanol–water partition coefficient (Wildman–Crippen LogP) is 4.58. The minimum absolute atomic E-state index is 0.0703. The summed E-state index contributed by atoms with van der Waals surface area (Å²) in [6.45, 7) is 3.26. The molecule has 0 saturated heterocycles. The molecule has 33 heavy (non-hydrogen) atoms. The molecule has 0 saturated carbocycles. The summed E-state index contributed by atoms with van der Waals surface area (Å²) < 4.78 is 32.6. The average molecular weight is 487 g/mol. The van der Waals surface area contributed by atoms with E-state index >= 15 is 0 Å². The number of sulfonamides is 1. The van der Waals surface area contributed by atoms with Crippen LogP contribution in [0.25, 0.3) is 0 Å². The number of halogens is 1. The number of methoxy groups -OCH3 is 1. The van der Waals surface area contributed by atoms with Crippen molar-refractivity contribution < 1.29 is 22.7 Å². The largest absolute Gasteiger partial charge is 0.465 e. The van der Waals surface area contributed by atoms with Gasteiger partial charge in [-0.15, -0.1) is 0 Å². The Labute approximate surface area is 198 Å². The lowest BCUT2D eigenvalue weighted by atomic mass is 10.2. The highest BCUT2D eigenvalue weighted by Crippen LogP contribution is 2.25. The van der Waals surface area contributed by atoms with Crippen molar-refractivity contribution >= 4 is 44.9 Å². The van der Waals surface area contributed by atoms with Crippen molar-refractivity contribution in [2.75, 3.05) is 23.3 Å². The van der Waals surface area contributed by atoms with Crippen LogP contribution in [0.5, 0.6) is 0 Å². The minimum Gasteiger partial charge on any atom is -0.465 e. The van der Waals surface area contributed by atoms with Gasteiger partial charge < -0.3 is 10.1 Å². The number of carbonyl (C=O) groups excluding carboxylic acids is 2. The Bertz CT molecular complexity index is 1270. The minimum atomic E-state index is -4.03. The summed E-state index contributed by atoms with van der Waals surface area (Å²) in [6, 6.07) is 17.6. The summed E-state index contributed by atoms with van der Waals surface area (Å²) >= 11 is 6.02. The fourth-order valence-corrected chi connectivity index (χ4v) is 4.68. The molecule has 0 aliphatic rings. The zero-order valence-corrected chi connectivity index (χ0v) is 19.9. The number of hydrogen-bond donors (Lipinski definition) is 1. The maximum Gasteiger partial charge on any atom is 0.339 e. The maximum absolute atomic E-state index is 13.4. The number of rotatable bonds is 7. The molecule has 0 spiro atoms. The number of carbonyl (C=O) groups is 2. The molecule has 0 unspecified atom stereocenters. The second kappa shape index (κ2) is 10.1. The standard InChI is InChI=1S/C24H23ClN2O5S/c1-16-4-9-19(10-5-16)27(33(30,31)20-11-6-17(2)7-12-20)15-23(28)26-18-8-13-22(25)21(14-18)24(29)32-3/h4-14H,15H2,1-3H3,(H,26,28). The number of nitrogens with zero attached hydrogens (tertiary/aromatic N) is 1. The van der Waals surface area contributed by atoms with E-state index in [0.717, 1.165) is 15.4 Å². The second-order valence-corrected chi connectivity index (χ2v) is 9.66. The summed E-state index contributed by atoms with van der Waals surface area (Å²) in [4.78, 5) is 24.8. The molecule has 0 aromatic heterocycles. The maximum atomic E-state index is 13.4. The molecule has 0 aliphatic heterocycles. The van der Waals surface area contributed by atoms with E-state index < -0.39 is 28.4 Å². The number of benzene rings is 3. The van der Waals surface area contributed by atoms with Gasteiger partial charge >= 0.3 is 5.97 Å². The van der Waals surface area contributed by atoms with Crippen molar-refractivity contribution in [2.24, 2.45) is 0 Å². The molecule has 172 valence electrons. The number of ether oxygens (including phenoxy) is 1. The highest BCUT2D eigenvalue weighted by atomic mass is 35.5. The van der Waals surface area contributed by atoms with Crippen LogP contribution >= 0.6 is 11.6 Å². The number of amides is 1. The molecule has 0 atom stereocenters. The fourth-order valence-electron chi connectivity index (χ4n) is 3.06. The quantitative estimate of drug-likeness (QED) is 0.493. The normalized spacial score (nSPS) is 11.0. The van der Waals surface area contributed by atoms with Crippen LogP contribution in [0.2, 0.25) is 5.02 Å². The molecular weight excluding hydrogens is 464 g/mol. The summed E-state index contributed by atoms with van der Waals surface area (Å²) in [5.41, 5.74) is 2.58. The van der Waals surface area contributed by atoms with Crippen LogP contribution in [0.15, 0.2) is 71.6 Å². The number of aryl methyl sites for hydroxylation is 2. The first kappa shape index (κ1) is 24.3. The Morgan fingerprint density at radius 2 is 1.52 bits per heavy atom. The lowest BCUT2D eigenvalue weighted by Crippen LogP contribution is -2.38. The van der Waals surface area contributed by atoms with Gasteiger partial charge in [-0.25, -0.2) is 13.2 Å². The van der Waals surface area contributed by atoms with Gasteiger partial charge in [0.05, 0.1) is 28.3 Å². The predicted molar refractivity (Wildman–Crippen MR) is 128 cm³/mol. The van der Waals surface area contributed by atoms with Gasteiger partial charge in [-0.05, 0) is 56.3 Å². The summed E-state index contributed by atoms with van der Waals surface area (Å²) in [5, 5.41) is 2.79. The van der Waals surface area contributed by atoms with Crippen molar-refractivity contribution in [3.05, 3.63) is 88.4 Å². The van der Waals surface area contributed by atoms with E-state index in [4.69, 9.17) is 11.6 Å². The van der Waals surface area contributed by atoms with Gasteiger partial charge in [0.1, 0.15) is 6.54 Å². The zero-order valence-electron chi connectivity index (χ0n) is 18.3. The van der Waals surface area contributed by atoms with E-state index in [9.17, 15) is 18.0 Å². The van der Waals surface area contributed by atoms with Crippen LogP contribution in [-0.4, -0.2) is 33.9 Å². The molecule has 0 fully saturated rings. The monoisotopic (exact) mass is 486 g/mol. The molecule has 3 aromatic carbocycles.